The van der Waals surface area contributed by atoms with Crippen LogP contribution in [0.25, 0.3) is 11.1 Å². The highest BCUT2D eigenvalue weighted by Gasteiger charge is 2.09. The molecule has 0 saturated carbocycles. The highest BCUT2D eigenvalue weighted by atomic mass is 16.5. The summed E-state index contributed by atoms with van der Waals surface area (Å²) in [5, 5.41) is 11.6. The molecule has 0 fully saturated rings. The number of nitrogens with zero attached hydrogens (tertiary/aromatic N) is 2. The number of anilines is 1. The van der Waals surface area contributed by atoms with E-state index in [1.807, 2.05) is 24.3 Å². The minimum atomic E-state index is -0.244. The van der Waals surface area contributed by atoms with Gasteiger partial charge in [-0.1, -0.05) is 96.1 Å². The topological polar surface area (TPSA) is 88.1 Å². The van der Waals surface area contributed by atoms with Gasteiger partial charge in [0.2, 0.25) is 5.89 Å². The van der Waals surface area contributed by atoms with Crippen LogP contribution in [0.5, 0.6) is 5.75 Å². The molecule has 2 aromatic carbocycles. The van der Waals surface area contributed by atoms with Crippen LogP contribution in [0.2, 0.25) is 0 Å². The maximum absolute atomic E-state index is 12.4. The summed E-state index contributed by atoms with van der Waals surface area (Å²) in [7, 11) is 0. The Morgan fingerprint density at radius 3 is 2.29 bits per heavy atom. The average Bonchev–Trinajstić information content (AvgIpc) is 3.32. The number of rotatable bonds is 19. The number of carbonyl (C=O) groups is 1. The minimum Gasteiger partial charge on any atom is -0.484 e. The fourth-order valence-corrected chi connectivity index (χ4v) is 4.68. The summed E-state index contributed by atoms with van der Waals surface area (Å²) in [4.78, 5) is 16.7. The molecule has 3 rings (SSSR count). The summed E-state index contributed by atoms with van der Waals surface area (Å²) in [6.07, 6.45) is 18.8. The molecule has 1 aromatic heterocycles. The zero-order chi connectivity index (χ0) is 26.8. The normalized spacial score (nSPS) is 10.9. The minimum absolute atomic E-state index is 0.0707. The molecule has 1 amide bonds. The van der Waals surface area contributed by atoms with E-state index in [0.29, 0.717) is 28.4 Å². The Labute approximate surface area is 227 Å². The second-order valence-corrected chi connectivity index (χ2v) is 10.1. The van der Waals surface area contributed by atoms with E-state index in [9.17, 15) is 4.79 Å². The number of aromatic nitrogens is 1. The van der Waals surface area contributed by atoms with Crippen LogP contribution in [0.1, 0.15) is 102 Å². The van der Waals surface area contributed by atoms with Gasteiger partial charge in [-0.15, -0.1) is 0 Å². The lowest BCUT2D eigenvalue weighted by atomic mass is 10.0. The molecule has 38 heavy (non-hydrogen) atoms. The molecule has 0 atom stereocenters. The van der Waals surface area contributed by atoms with Crippen LogP contribution in [-0.2, 0) is 17.6 Å². The lowest BCUT2D eigenvalue weighted by Gasteiger charge is -2.09. The Morgan fingerprint density at radius 2 is 1.61 bits per heavy atom. The third-order valence-corrected chi connectivity index (χ3v) is 6.78. The van der Waals surface area contributed by atoms with E-state index < -0.39 is 0 Å². The number of hydrogen-bond donors (Lipinski definition) is 1. The smallest absolute Gasteiger partial charge is 0.262 e. The van der Waals surface area contributed by atoms with Crippen LogP contribution in [-0.4, -0.2) is 17.5 Å². The van der Waals surface area contributed by atoms with Crippen molar-refractivity contribution >= 4 is 22.7 Å². The van der Waals surface area contributed by atoms with Gasteiger partial charge in [-0.3, -0.25) is 4.79 Å². The van der Waals surface area contributed by atoms with Crippen LogP contribution in [0, 0.1) is 11.3 Å². The molecular formula is C32H43N3O3. The van der Waals surface area contributed by atoms with Crippen molar-refractivity contribution < 1.29 is 13.9 Å². The molecule has 0 aliphatic carbocycles. The Hall–Kier alpha value is -3.33. The van der Waals surface area contributed by atoms with Gasteiger partial charge in [-0.05, 0) is 48.7 Å². The summed E-state index contributed by atoms with van der Waals surface area (Å²) in [5.41, 5.74) is 3.05. The van der Waals surface area contributed by atoms with Gasteiger partial charge in [0.25, 0.3) is 5.91 Å². The van der Waals surface area contributed by atoms with Crippen molar-refractivity contribution in [3.05, 3.63) is 53.9 Å². The molecule has 6 nitrogen and oxygen atoms in total. The molecule has 1 heterocycles. The van der Waals surface area contributed by atoms with Crippen LogP contribution in [0.4, 0.5) is 5.69 Å². The fraction of sp³-hybridized carbons (Fsp3) is 0.531. The molecule has 0 aliphatic heterocycles. The Morgan fingerprint density at radius 1 is 0.921 bits per heavy atom. The molecule has 0 spiro atoms. The summed E-state index contributed by atoms with van der Waals surface area (Å²) in [6.45, 7) is 2.20. The van der Waals surface area contributed by atoms with Crippen LogP contribution in [0.15, 0.2) is 46.9 Å². The number of unbranched alkanes of at least 4 members (excludes halogenated alkanes) is 12. The number of oxazole rings is 1. The van der Waals surface area contributed by atoms with E-state index in [-0.39, 0.29) is 18.9 Å². The number of hydrogen-bond acceptors (Lipinski definition) is 5. The van der Waals surface area contributed by atoms with E-state index in [0.717, 1.165) is 6.42 Å². The van der Waals surface area contributed by atoms with E-state index in [4.69, 9.17) is 14.4 Å². The Bertz CT molecular complexity index is 1150. The van der Waals surface area contributed by atoms with Crippen molar-refractivity contribution in [2.45, 2.75) is 103 Å². The van der Waals surface area contributed by atoms with Gasteiger partial charge < -0.3 is 14.5 Å². The van der Waals surface area contributed by atoms with Crippen molar-refractivity contribution in [1.82, 2.24) is 4.98 Å². The summed E-state index contributed by atoms with van der Waals surface area (Å²) in [5.74, 6) is 0.834. The Balaban J connectivity index is 1.27. The first-order chi connectivity index (χ1) is 18.7. The number of carbonyl (C=O) groups excluding carboxylic acids is 1. The van der Waals surface area contributed by atoms with Crippen LogP contribution in [0.3, 0.4) is 0 Å². The average molecular weight is 518 g/mol. The number of aryl methyl sites for hydroxylation is 1. The van der Waals surface area contributed by atoms with Crippen molar-refractivity contribution in [3.63, 3.8) is 0 Å². The van der Waals surface area contributed by atoms with E-state index in [1.54, 1.807) is 18.2 Å². The van der Waals surface area contributed by atoms with E-state index in [1.165, 1.54) is 89.0 Å². The monoisotopic (exact) mass is 517 g/mol. The summed E-state index contributed by atoms with van der Waals surface area (Å²) < 4.78 is 11.2. The van der Waals surface area contributed by atoms with Crippen LogP contribution < -0.4 is 10.1 Å². The molecule has 6 heteroatoms. The fourth-order valence-electron chi connectivity index (χ4n) is 4.68. The van der Waals surface area contributed by atoms with Gasteiger partial charge in [-0.25, -0.2) is 4.98 Å². The third kappa shape index (κ3) is 11.0. The third-order valence-electron chi connectivity index (χ3n) is 6.78. The predicted octanol–water partition coefficient (Wildman–Crippen LogP) is 8.55. The first kappa shape index (κ1) is 29.2. The molecule has 0 radical (unpaired) electrons. The largest absolute Gasteiger partial charge is 0.484 e. The summed E-state index contributed by atoms with van der Waals surface area (Å²) >= 11 is 0. The standard InChI is InChI=1S/C32H43N3O3/c1-2-3-4-5-6-7-8-9-10-11-12-13-14-16-26-17-15-18-28(23-26)37-25-31(36)34-27-19-20-30-29(24-27)35-32(38-30)21-22-33/h15,17-20,23-24H,2-14,16,21,25H2,1H3,(H,34,36). The van der Waals surface area contributed by atoms with E-state index >= 15 is 0 Å². The van der Waals surface area contributed by atoms with Crippen molar-refractivity contribution in [2.24, 2.45) is 0 Å². The molecule has 204 valence electrons. The SMILES string of the molecule is CCCCCCCCCCCCCCCc1cccc(OCC(=O)Nc2ccc3oc(CC#N)nc3c2)c1. The highest BCUT2D eigenvalue weighted by Crippen LogP contribution is 2.21. The molecule has 0 aliphatic rings. The van der Waals surface area contributed by atoms with Crippen LogP contribution >= 0.6 is 0 Å². The zero-order valence-corrected chi connectivity index (χ0v) is 23.0. The maximum Gasteiger partial charge on any atom is 0.262 e. The quantitative estimate of drug-likeness (QED) is 0.161. The first-order valence-electron chi connectivity index (χ1n) is 14.5. The molecule has 0 unspecified atom stereocenters. The lowest BCUT2D eigenvalue weighted by Crippen LogP contribution is -2.20. The van der Waals surface area contributed by atoms with Crippen molar-refractivity contribution in [2.75, 3.05) is 11.9 Å². The van der Waals surface area contributed by atoms with Gasteiger partial charge in [0.05, 0.1) is 6.07 Å². The van der Waals surface area contributed by atoms with Crippen molar-refractivity contribution in [1.29, 1.82) is 5.26 Å². The van der Waals surface area contributed by atoms with Gasteiger partial charge in [0.1, 0.15) is 17.7 Å². The summed E-state index contributed by atoms with van der Waals surface area (Å²) in [6, 6.07) is 15.3. The zero-order valence-electron chi connectivity index (χ0n) is 23.0. The molecular weight excluding hydrogens is 474 g/mol. The second-order valence-electron chi connectivity index (χ2n) is 10.1. The molecule has 0 saturated heterocycles. The number of ether oxygens (including phenoxy) is 1. The molecule has 3 aromatic rings. The highest BCUT2D eigenvalue weighted by molar-refractivity contribution is 5.93. The number of fused-ring (bicyclic) bond motifs is 1. The lowest BCUT2D eigenvalue weighted by molar-refractivity contribution is -0.118. The predicted molar refractivity (Wildman–Crippen MR) is 153 cm³/mol. The molecule has 0 bridgehead atoms. The van der Waals surface area contributed by atoms with Gasteiger partial charge in [0.15, 0.2) is 12.2 Å². The first-order valence-corrected chi connectivity index (χ1v) is 14.5. The number of nitriles is 1. The maximum atomic E-state index is 12.4. The van der Waals surface area contributed by atoms with Crippen molar-refractivity contribution in [3.8, 4) is 11.8 Å². The van der Waals surface area contributed by atoms with Gasteiger partial charge in [-0.2, -0.15) is 5.26 Å². The van der Waals surface area contributed by atoms with Gasteiger partial charge >= 0.3 is 0 Å². The van der Waals surface area contributed by atoms with Gasteiger partial charge in [0, 0.05) is 5.69 Å². The number of benzene rings is 2. The Kier molecular flexibility index (Phi) is 13.3. The number of amides is 1. The molecule has 1 N–H and O–H groups in total. The second kappa shape index (κ2) is 17.2. The number of nitrogens with one attached hydrogen (secondary N) is 1. The van der Waals surface area contributed by atoms with E-state index in [2.05, 4.69) is 23.3 Å².